The number of aliphatic hydroxyl groups excluding tert-OH is 1. The van der Waals surface area contributed by atoms with E-state index in [4.69, 9.17) is 0 Å². The average molecular weight is 225 g/mol. The lowest BCUT2D eigenvalue weighted by molar-refractivity contribution is 0.0484. The van der Waals surface area contributed by atoms with E-state index in [1.165, 1.54) is 19.3 Å². The molecule has 2 nitrogen and oxygen atoms in total. The van der Waals surface area contributed by atoms with Gasteiger partial charge in [0.05, 0.1) is 6.10 Å². The minimum Gasteiger partial charge on any atom is -0.393 e. The van der Waals surface area contributed by atoms with Crippen molar-refractivity contribution >= 4 is 0 Å². The Kier molecular flexibility index (Phi) is 5.50. The van der Waals surface area contributed by atoms with Gasteiger partial charge >= 0.3 is 0 Å². The van der Waals surface area contributed by atoms with Crippen LogP contribution in [0.15, 0.2) is 12.2 Å². The zero-order valence-electron chi connectivity index (χ0n) is 11.0. The van der Waals surface area contributed by atoms with E-state index in [1.807, 2.05) is 6.92 Å². The summed E-state index contributed by atoms with van der Waals surface area (Å²) >= 11 is 0. The molecule has 0 saturated heterocycles. The van der Waals surface area contributed by atoms with Gasteiger partial charge in [0.15, 0.2) is 0 Å². The summed E-state index contributed by atoms with van der Waals surface area (Å²) in [5.74, 6) is 0.792. The Balaban J connectivity index is 2.25. The number of rotatable bonds is 6. The lowest BCUT2D eigenvalue weighted by Gasteiger charge is -2.32. The average Bonchev–Trinajstić information content (AvgIpc) is 2.30. The van der Waals surface area contributed by atoms with Crippen molar-refractivity contribution in [1.29, 1.82) is 0 Å². The fourth-order valence-corrected chi connectivity index (χ4v) is 2.17. The predicted octanol–water partition coefficient (Wildman–Crippen LogP) is 2.73. The Morgan fingerprint density at radius 2 is 2.25 bits per heavy atom. The highest BCUT2D eigenvalue weighted by atomic mass is 16.3. The molecule has 0 bridgehead atoms. The summed E-state index contributed by atoms with van der Waals surface area (Å²) in [6, 6.07) is 0. The highest BCUT2D eigenvalue weighted by Crippen LogP contribution is 2.25. The Hall–Kier alpha value is -0.340. The number of hydrogen-bond donors (Lipinski definition) is 2. The molecule has 0 radical (unpaired) electrons. The van der Waals surface area contributed by atoms with Crippen LogP contribution in [0.3, 0.4) is 0 Å². The van der Waals surface area contributed by atoms with Crippen LogP contribution in [-0.4, -0.2) is 24.3 Å². The van der Waals surface area contributed by atoms with Gasteiger partial charge in [0.25, 0.3) is 0 Å². The molecule has 0 fully saturated rings. The molecule has 0 aromatic heterocycles. The first-order valence-corrected chi connectivity index (χ1v) is 6.62. The molecule has 0 spiro atoms. The van der Waals surface area contributed by atoms with Crippen LogP contribution in [-0.2, 0) is 0 Å². The summed E-state index contributed by atoms with van der Waals surface area (Å²) in [5, 5.41) is 13.3. The second-order valence-corrected chi connectivity index (χ2v) is 5.46. The number of hydrogen-bond acceptors (Lipinski definition) is 2. The van der Waals surface area contributed by atoms with Crippen molar-refractivity contribution in [3.05, 3.63) is 12.2 Å². The van der Waals surface area contributed by atoms with Gasteiger partial charge in [-0.3, -0.25) is 0 Å². The third-order valence-corrected chi connectivity index (χ3v) is 4.16. The summed E-state index contributed by atoms with van der Waals surface area (Å²) in [6.45, 7) is 8.21. The van der Waals surface area contributed by atoms with Crippen molar-refractivity contribution in [3.8, 4) is 0 Å². The molecule has 16 heavy (non-hydrogen) atoms. The van der Waals surface area contributed by atoms with Crippen LogP contribution >= 0.6 is 0 Å². The summed E-state index contributed by atoms with van der Waals surface area (Å²) in [5.41, 5.74) is 0.0184. The molecule has 2 heteroatoms. The van der Waals surface area contributed by atoms with Gasteiger partial charge in [-0.05, 0) is 45.1 Å². The van der Waals surface area contributed by atoms with Crippen LogP contribution in [0.4, 0.5) is 0 Å². The van der Waals surface area contributed by atoms with Crippen molar-refractivity contribution in [3.63, 3.8) is 0 Å². The van der Waals surface area contributed by atoms with Gasteiger partial charge in [-0.1, -0.05) is 26.0 Å². The summed E-state index contributed by atoms with van der Waals surface area (Å²) in [6.07, 6.45) is 9.10. The van der Waals surface area contributed by atoms with Gasteiger partial charge in [-0.2, -0.15) is 0 Å². The van der Waals surface area contributed by atoms with Gasteiger partial charge in [0.1, 0.15) is 0 Å². The molecule has 0 aromatic rings. The molecule has 0 saturated carbocycles. The Morgan fingerprint density at radius 3 is 2.75 bits per heavy atom. The summed E-state index contributed by atoms with van der Waals surface area (Å²) < 4.78 is 0. The van der Waals surface area contributed by atoms with E-state index < -0.39 is 0 Å². The van der Waals surface area contributed by atoms with E-state index in [2.05, 4.69) is 31.3 Å². The molecular formula is C14H27NO. The van der Waals surface area contributed by atoms with Crippen LogP contribution in [0.25, 0.3) is 0 Å². The fourth-order valence-electron chi connectivity index (χ4n) is 2.17. The second-order valence-electron chi connectivity index (χ2n) is 5.46. The Labute approximate surface area is 100 Å². The van der Waals surface area contributed by atoms with E-state index in [0.717, 1.165) is 25.4 Å². The van der Waals surface area contributed by atoms with E-state index in [-0.39, 0.29) is 11.5 Å². The van der Waals surface area contributed by atoms with Crippen LogP contribution in [0.1, 0.15) is 46.5 Å². The van der Waals surface area contributed by atoms with E-state index in [0.29, 0.717) is 0 Å². The predicted molar refractivity (Wildman–Crippen MR) is 69.4 cm³/mol. The highest BCUT2D eigenvalue weighted by molar-refractivity contribution is 4.91. The van der Waals surface area contributed by atoms with Crippen LogP contribution in [0, 0.1) is 11.3 Å². The maximum Gasteiger partial charge on any atom is 0.0577 e. The van der Waals surface area contributed by atoms with Gasteiger partial charge in [0, 0.05) is 12.0 Å². The quantitative estimate of drug-likeness (QED) is 0.681. The molecule has 1 rings (SSSR count). The topological polar surface area (TPSA) is 32.3 Å². The van der Waals surface area contributed by atoms with Gasteiger partial charge < -0.3 is 10.4 Å². The van der Waals surface area contributed by atoms with Crippen molar-refractivity contribution in [2.24, 2.45) is 11.3 Å². The summed E-state index contributed by atoms with van der Waals surface area (Å²) in [7, 11) is 0. The van der Waals surface area contributed by atoms with E-state index >= 15 is 0 Å². The zero-order chi connectivity index (χ0) is 12.0. The zero-order valence-corrected chi connectivity index (χ0v) is 11.0. The second kappa shape index (κ2) is 6.41. The third kappa shape index (κ3) is 3.91. The molecule has 1 aliphatic carbocycles. The monoisotopic (exact) mass is 225 g/mol. The third-order valence-electron chi connectivity index (χ3n) is 4.16. The first kappa shape index (κ1) is 13.7. The number of aliphatic hydroxyl groups is 1. The number of allylic oxidation sites excluding steroid dienone is 2. The van der Waals surface area contributed by atoms with Crippen molar-refractivity contribution < 1.29 is 5.11 Å². The first-order chi connectivity index (χ1) is 7.58. The molecule has 1 aliphatic rings. The SMILES string of the molecule is CCC(C)(CNCC1CC=CCC1)C(C)O. The fraction of sp³-hybridized carbons (Fsp3) is 0.857. The molecule has 0 amide bonds. The van der Waals surface area contributed by atoms with Gasteiger partial charge in [0.2, 0.25) is 0 Å². The smallest absolute Gasteiger partial charge is 0.0577 e. The van der Waals surface area contributed by atoms with Crippen molar-refractivity contribution in [1.82, 2.24) is 5.32 Å². The largest absolute Gasteiger partial charge is 0.393 e. The van der Waals surface area contributed by atoms with Crippen LogP contribution in [0.2, 0.25) is 0 Å². The van der Waals surface area contributed by atoms with Crippen LogP contribution in [0.5, 0.6) is 0 Å². The standard InChI is InChI=1S/C14H27NO/c1-4-14(3,12(2)16)11-15-10-13-8-6-5-7-9-13/h5-6,12-13,15-16H,4,7-11H2,1-3H3. The summed E-state index contributed by atoms with van der Waals surface area (Å²) in [4.78, 5) is 0. The number of nitrogens with one attached hydrogen (secondary N) is 1. The molecular weight excluding hydrogens is 198 g/mol. The van der Waals surface area contributed by atoms with Gasteiger partial charge in [-0.15, -0.1) is 0 Å². The Bertz CT molecular complexity index is 225. The maximum atomic E-state index is 9.76. The van der Waals surface area contributed by atoms with Crippen molar-refractivity contribution in [2.45, 2.75) is 52.6 Å². The molecule has 0 heterocycles. The molecule has 3 unspecified atom stereocenters. The minimum atomic E-state index is -0.240. The van der Waals surface area contributed by atoms with Gasteiger partial charge in [-0.25, -0.2) is 0 Å². The molecule has 2 N–H and O–H groups in total. The van der Waals surface area contributed by atoms with E-state index in [1.54, 1.807) is 0 Å². The highest BCUT2D eigenvalue weighted by Gasteiger charge is 2.27. The lowest BCUT2D eigenvalue weighted by atomic mass is 9.82. The first-order valence-electron chi connectivity index (χ1n) is 6.62. The maximum absolute atomic E-state index is 9.76. The molecule has 94 valence electrons. The lowest BCUT2D eigenvalue weighted by Crippen LogP contribution is -2.41. The van der Waals surface area contributed by atoms with Crippen LogP contribution < -0.4 is 5.32 Å². The van der Waals surface area contributed by atoms with Crippen molar-refractivity contribution in [2.75, 3.05) is 13.1 Å². The Morgan fingerprint density at radius 1 is 1.50 bits per heavy atom. The minimum absolute atomic E-state index is 0.0184. The molecule has 0 aromatic carbocycles. The van der Waals surface area contributed by atoms with E-state index in [9.17, 15) is 5.11 Å². The molecule has 3 atom stereocenters. The molecule has 0 aliphatic heterocycles. The normalized spacial score (nSPS) is 26.4.